The minimum atomic E-state index is -0.352. The third-order valence-corrected chi connectivity index (χ3v) is 7.61. The number of aromatic nitrogens is 2. The minimum Gasteiger partial charge on any atom is -0.494 e. The van der Waals surface area contributed by atoms with E-state index in [9.17, 15) is 9.18 Å². The molecule has 1 aliphatic rings. The van der Waals surface area contributed by atoms with Crippen molar-refractivity contribution in [3.8, 4) is 17.2 Å². The van der Waals surface area contributed by atoms with E-state index < -0.39 is 0 Å². The van der Waals surface area contributed by atoms with Crippen LogP contribution in [0.3, 0.4) is 0 Å². The number of carbonyl (C=O) groups is 1. The van der Waals surface area contributed by atoms with E-state index >= 15 is 0 Å². The smallest absolute Gasteiger partial charge is 0.247 e. The maximum absolute atomic E-state index is 13.6. The minimum absolute atomic E-state index is 0.00871. The highest BCUT2D eigenvalue weighted by Crippen LogP contribution is 2.38. The van der Waals surface area contributed by atoms with Crippen molar-refractivity contribution in [1.29, 1.82) is 0 Å². The molecule has 2 N–H and O–H groups in total. The largest absolute Gasteiger partial charge is 0.494 e. The van der Waals surface area contributed by atoms with Crippen molar-refractivity contribution in [3.63, 3.8) is 0 Å². The Morgan fingerprint density at radius 1 is 1.06 bits per heavy atom. The molecule has 1 atom stereocenters. The van der Waals surface area contributed by atoms with Gasteiger partial charge in [-0.15, -0.1) is 0 Å². The van der Waals surface area contributed by atoms with Gasteiger partial charge < -0.3 is 29.9 Å². The Bertz CT molecular complexity index is 1700. The number of amides is 1. The number of halogens is 1. The maximum Gasteiger partial charge on any atom is 0.247 e. The standard InChI is InChI=1S/C35H40FN7O4/c1-6-35(44)40-29-20-30(32(45-5)21-31(29)42(4)15-14-41(2)3)39-33-22-34(38-23-37-33)43-26(13-16-46-43)17-24-9-7-11-27(18-24)47-28-12-8-10-25(36)19-28/h6-12,18-23,26H,1,13-17H2,2-5H3,(H,40,44)(H,37,38,39)/t26-/m1/s1. The van der Waals surface area contributed by atoms with Crippen molar-refractivity contribution in [2.75, 3.05) is 68.5 Å². The van der Waals surface area contributed by atoms with Gasteiger partial charge in [0.15, 0.2) is 5.82 Å². The molecule has 47 heavy (non-hydrogen) atoms. The number of nitrogens with zero attached hydrogens (tertiary/aromatic N) is 5. The summed E-state index contributed by atoms with van der Waals surface area (Å²) in [7, 11) is 7.58. The van der Waals surface area contributed by atoms with Crippen LogP contribution in [-0.2, 0) is 16.1 Å². The Kier molecular flexibility index (Phi) is 10.9. The molecule has 0 bridgehead atoms. The van der Waals surface area contributed by atoms with Gasteiger partial charge in [0, 0.05) is 38.3 Å². The summed E-state index contributed by atoms with van der Waals surface area (Å²) in [5.41, 5.74) is 3.04. The van der Waals surface area contributed by atoms with Crippen LogP contribution in [0.1, 0.15) is 12.0 Å². The normalized spacial score (nSPS) is 14.2. The van der Waals surface area contributed by atoms with E-state index in [0.29, 0.717) is 53.3 Å². The molecule has 4 aromatic rings. The first-order chi connectivity index (χ1) is 22.7. The number of benzene rings is 3. The number of likely N-dealkylation sites (N-methyl/N-ethyl adjacent to an activating group) is 2. The molecule has 1 fully saturated rings. The molecule has 246 valence electrons. The van der Waals surface area contributed by atoms with E-state index in [-0.39, 0.29) is 17.8 Å². The average molecular weight is 642 g/mol. The summed E-state index contributed by atoms with van der Waals surface area (Å²) in [5.74, 6) is 2.07. The quantitative estimate of drug-likeness (QED) is 0.159. The van der Waals surface area contributed by atoms with Gasteiger partial charge in [-0.2, -0.15) is 0 Å². The second kappa shape index (κ2) is 15.4. The summed E-state index contributed by atoms with van der Waals surface area (Å²) in [6.45, 7) is 5.69. The molecule has 0 saturated carbocycles. The monoisotopic (exact) mass is 641 g/mol. The number of nitrogens with one attached hydrogen (secondary N) is 2. The first-order valence-corrected chi connectivity index (χ1v) is 15.3. The van der Waals surface area contributed by atoms with Crippen LogP contribution in [0.4, 0.5) is 33.1 Å². The number of anilines is 5. The molecule has 0 spiro atoms. The molecular weight excluding hydrogens is 601 g/mol. The molecule has 1 amide bonds. The van der Waals surface area contributed by atoms with Crippen molar-refractivity contribution in [2.45, 2.75) is 18.9 Å². The zero-order valence-electron chi connectivity index (χ0n) is 27.1. The van der Waals surface area contributed by atoms with Crippen LogP contribution in [0.25, 0.3) is 0 Å². The Morgan fingerprint density at radius 2 is 1.85 bits per heavy atom. The molecule has 0 radical (unpaired) electrons. The van der Waals surface area contributed by atoms with Gasteiger partial charge in [-0.05, 0) is 68.9 Å². The maximum atomic E-state index is 13.6. The lowest BCUT2D eigenvalue weighted by molar-refractivity contribution is -0.111. The van der Waals surface area contributed by atoms with E-state index in [0.717, 1.165) is 30.8 Å². The molecule has 11 nitrogen and oxygen atoms in total. The fraction of sp³-hybridized carbons (Fsp3) is 0.286. The Balaban J connectivity index is 1.34. The Morgan fingerprint density at radius 3 is 2.60 bits per heavy atom. The molecule has 2 heterocycles. The van der Waals surface area contributed by atoms with Crippen molar-refractivity contribution in [2.24, 2.45) is 0 Å². The summed E-state index contributed by atoms with van der Waals surface area (Å²) in [5, 5.41) is 8.05. The predicted octanol–water partition coefficient (Wildman–Crippen LogP) is 6.04. The third-order valence-electron chi connectivity index (χ3n) is 7.61. The number of hydroxylamine groups is 1. The van der Waals surface area contributed by atoms with Crippen molar-refractivity contribution < 1.29 is 23.5 Å². The molecule has 12 heteroatoms. The molecular formula is C35H40FN7O4. The fourth-order valence-corrected chi connectivity index (χ4v) is 5.20. The lowest BCUT2D eigenvalue weighted by atomic mass is 10.0. The summed E-state index contributed by atoms with van der Waals surface area (Å²) >= 11 is 0. The molecule has 0 aliphatic carbocycles. The highest BCUT2D eigenvalue weighted by molar-refractivity contribution is 6.02. The number of hydrogen-bond donors (Lipinski definition) is 2. The van der Waals surface area contributed by atoms with Crippen LogP contribution < -0.4 is 30.1 Å². The highest BCUT2D eigenvalue weighted by atomic mass is 19.1. The Labute approximate surface area is 274 Å². The predicted molar refractivity (Wildman–Crippen MR) is 182 cm³/mol. The van der Waals surface area contributed by atoms with Crippen molar-refractivity contribution >= 4 is 34.6 Å². The second-order valence-electron chi connectivity index (χ2n) is 11.4. The van der Waals surface area contributed by atoms with Gasteiger partial charge in [-0.3, -0.25) is 9.63 Å². The number of ether oxygens (including phenoxy) is 2. The molecule has 3 aromatic carbocycles. The Hall–Kier alpha value is -5.20. The summed E-state index contributed by atoms with van der Waals surface area (Å²) in [4.78, 5) is 31.5. The third kappa shape index (κ3) is 8.75. The average Bonchev–Trinajstić information content (AvgIpc) is 3.52. The lowest BCUT2D eigenvalue weighted by Gasteiger charge is -2.26. The molecule has 1 saturated heterocycles. The molecule has 0 unspecified atom stereocenters. The van der Waals surface area contributed by atoms with Gasteiger partial charge in [0.1, 0.15) is 35.2 Å². The fourth-order valence-electron chi connectivity index (χ4n) is 5.20. The van der Waals surface area contributed by atoms with Crippen LogP contribution in [-0.4, -0.2) is 74.8 Å². The van der Waals surface area contributed by atoms with Crippen LogP contribution in [0, 0.1) is 5.82 Å². The van der Waals surface area contributed by atoms with E-state index in [1.54, 1.807) is 25.3 Å². The summed E-state index contributed by atoms with van der Waals surface area (Å²) < 4.78 is 25.3. The van der Waals surface area contributed by atoms with Crippen LogP contribution in [0.15, 0.2) is 85.7 Å². The van der Waals surface area contributed by atoms with E-state index in [1.807, 2.05) is 62.6 Å². The van der Waals surface area contributed by atoms with Crippen molar-refractivity contribution in [1.82, 2.24) is 14.9 Å². The van der Waals surface area contributed by atoms with Crippen molar-refractivity contribution in [3.05, 3.63) is 97.1 Å². The van der Waals surface area contributed by atoms with Crippen LogP contribution >= 0.6 is 0 Å². The van der Waals surface area contributed by atoms with E-state index in [4.69, 9.17) is 14.3 Å². The molecule has 1 aliphatic heterocycles. The number of hydrogen-bond acceptors (Lipinski definition) is 10. The number of methoxy groups -OCH3 is 1. The van der Waals surface area contributed by atoms with Gasteiger partial charge >= 0.3 is 0 Å². The van der Waals surface area contributed by atoms with Gasteiger partial charge in [-0.1, -0.05) is 24.8 Å². The lowest BCUT2D eigenvalue weighted by Crippen LogP contribution is -2.30. The number of carbonyl (C=O) groups excluding carboxylic acids is 1. The molecule has 5 rings (SSSR count). The number of rotatable bonds is 14. The second-order valence-corrected chi connectivity index (χ2v) is 11.4. The topological polar surface area (TPSA) is 104 Å². The first kappa shape index (κ1) is 33.2. The van der Waals surface area contributed by atoms with Gasteiger partial charge in [0.25, 0.3) is 0 Å². The van der Waals surface area contributed by atoms with E-state index in [2.05, 4.69) is 37.0 Å². The summed E-state index contributed by atoms with van der Waals surface area (Å²) in [6, 6.07) is 19.3. The van der Waals surface area contributed by atoms with E-state index in [1.165, 1.54) is 24.5 Å². The molecule has 1 aromatic heterocycles. The van der Waals surface area contributed by atoms with Gasteiger partial charge in [-0.25, -0.2) is 19.4 Å². The zero-order valence-corrected chi connectivity index (χ0v) is 27.1. The zero-order chi connectivity index (χ0) is 33.3. The SMILES string of the molecule is C=CC(=O)Nc1cc(Nc2cc(N3OCC[C@@H]3Cc3cccc(Oc4cccc(F)c4)c3)ncn2)c(OC)cc1N(C)CCN(C)C. The highest BCUT2D eigenvalue weighted by Gasteiger charge is 2.28. The van der Waals surface area contributed by atoms with Crippen LogP contribution in [0.5, 0.6) is 17.2 Å². The summed E-state index contributed by atoms with van der Waals surface area (Å²) in [6.07, 6.45) is 4.18. The first-order valence-electron chi connectivity index (χ1n) is 15.3. The van der Waals surface area contributed by atoms with Gasteiger partial charge in [0.2, 0.25) is 5.91 Å². The van der Waals surface area contributed by atoms with Crippen LogP contribution in [0.2, 0.25) is 0 Å². The van der Waals surface area contributed by atoms with Gasteiger partial charge in [0.05, 0.1) is 36.8 Å².